The average molecular weight is 1960 g/mol. The minimum absolute atomic E-state index is 0.0625. The average Bonchev–Trinajstić information content (AvgIpc) is 0.960. The molecule has 3 aromatic carbocycles. The third-order valence-corrected chi connectivity index (χ3v) is 10.7. The van der Waals surface area contributed by atoms with Crippen LogP contribution in [0.25, 0.3) is 0 Å². The Morgan fingerprint density at radius 1 is 0.212 bits per heavy atom. The van der Waals surface area contributed by atoms with Crippen molar-refractivity contribution in [3.05, 3.63) is 108 Å². The number of unbranched alkanes of at least 4 members (excludes halogenated alkanes) is 1. The minimum Gasteiger partial charge on any atom is -0.481 e. The molecule has 0 saturated carbocycles. The number of carbonyl (C=O) groups excluding carboxylic acids is 23. The van der Waals surface area contributed by atoms with Gasteiger partial charge in [0.25, 0.3) is 0 Å². The van der Waals surface area contributed by atoms with Crippen LogP contribution >= 0.6 is 0 Å². The number of ketones is 15. The van der Waals surface area contributed by atoms with Gasteiger partial charge in [0.15, 0.2) is 43.0 Å². The van der Waals surface area contributed by atoms with E-state index in [2.05, 4.69) is 45.6 Å². The first kappa shape index (κ1) is 152. The molecule has 3 aromatic rings. The number of nitrogens with two attached hydrogens (primary N) is 3. The lowest BCUT2D eigenvalue weighted by atomic mass is 10.1. The van der Waals surface area contributed by atoms with E-state index in [0.717, 1.165) is 23.6 Å². The van der Waals surface area contributed by atoms with Gasteiger partial charge in [-0.3, -0.25) is 120 Å². The number of aliphatic carboxylic acids is 7. The van der Waals surface area contributed by atoms with Crippen LogP contribution in [0.2, 0.25) is 0 Å². The monoisotopic (exact) mass is 1960 g/mol. The van der Waals surface area contributed by atoms with Gasteiger partial charge in [-0.1, -0.05) is 91.0 Å². The lowest BCUT2D eigenvalue weighted by molar-refractivity contribution is -0.157. The van der Waals surface area contributed by atoms with Crippen molar-refractivity contribution in [1.82, 2.24) is 0 Å². The van der Waals surface area contributed by atoms with Gasteiger partial charge in [0, 0.05) is 60.3 Å². The van der Waals surface area contributed by atoms with Crippen LogP contribution in [-0.4, -0.2) is 256 Å². The number of rotatable bonds is 36. The molecule has 0 bridgehead atoms. The molecule has 48 heteroatoms. The Kier molecular flexibility index (Phi) is 117. The van der Waals surface area contributed by atoms with Crippen LogP contribution in [0, 0.1) is 0 Å². The predicted molar refractivity (Wildman–Crippen MR) is 480 cm³/mol. The molecular formula is C89H129N3O45. The van der Waals surface area contributed by atoms with Crippen LogP contribution in [0.1, 0.15) is 232 Å². The smallest absolute Gasteiger partial charge is 0.481 e. The largest absolute Gasteiger partial charge is 0.506 e. The van der Waals surface area contributed by atoms with Crippen molar-refractivity contribution in [1.29, 1.82) is 0 Å². The quantitative estimate of drug-likeness (QED) is 0.0134. The fourth-order valence-corrected chi connectivity index (χ4v) is 6.04. The summed E-state index contributed by atoms with van der Waals surface area (Å²) in [6, 6.07) is 27.4. The summed E-state index contributed by atoms with van der Waals surface area (Å²) >= 11 is 0. The van der Waals surface area contributed by atoms with Gasteiger partial charge in [-0.25, -0.2) is 14.4 Å². The predicted octanol–water partition coefficient (Wildman–Crippen LogP) is 6.16. The van der Waals surface area contributed by atoms with Crippen molar-refractivity contribution in [2.75, 3.05) is 33.0 Å². The van der Waals surface area contributed by atoms with Crippen LogP contribution < -0.4 is 17.2 Å². The van der Waals surface area contributed by atoms with Crippen molar-refractivity contribution >= 4 is 182 Å². The SMILES string of the molecule is CC(=O)CC(=O)O.CC(=O)CC(=O)O.CC(=O)CC(C)=O.CC(=O)CC(C)=O.CC(=O)CC(N)=O.CC(=O)CC(N)=O.CC(=O)CCC(C)=O.CC(=O)CCCCC(=O)O.CC(=O)COC(=O)O.CC(=O)COC(C)=O.CC(=O)COC(C)=O.CC(=O)COC(N)=O.CC(=O)OC(C)=O.CC(=O)OCC(=O)O.O=C(O)Cc1ccccc1.O=C(O)Cc1ccccc1.O=C(O)Cc1ccccc1. The Labute approximate surface area is 790 Å². The highest BCUT2D eigenvalue weighted by Crippen LogP contribution is 2.02. The number of carboxylic acids is 7. The first-order valence-electron chi connectivity index (χ1n) is 39.1. The Morgan fingerprint density at radius 2 is 0.431 bits per heavy atom. The first-order chi connectivity index (χ1) is 62.6. The van der Waals surface area contributed by atoms with Crippen molar-refractivity contribution in [2.45, 2.75) is 235 Å². The number of benzene rings is 3. The molecule has 0 aliphatic rings. The van der Waals surface area contributed by atoms with E-state index in [1.165, 1.54) is 132 Å². The fourth-order valence-electron chi connectivity index (χ4n) is 6.04. The molecule has 0 fully saturated rings. The Balaban J connectivity index is -0.0000000980. The number of esters is 5. The summed E-state index contributed by atoms with van der Waals surface area (Å²) in [5, 5.41) is 64.7. The molecule has 0 spiro atoms. The summed E-state index contributed by atoms with van der Waals surface area (Å²) < 4.78 is 24.6. The van der Waals surface area contributed by atoms with E-state index in [0.29, 0.717) is 32.1 Å². The number of hydrogen-bond donors (Lipinski definition) is 11. The number of primary amides is 3. The second kappa shape index (κ2) is 105. The number of amides is 3. The van der Waals surface area contributed by atoms with Crippen molar-refractivity contribution in [3.63, 3.8) is 0 Å². The number of Topliss-reactive ketones (excluding diaryl/α,β-unsaturated/α-hetero) is 15. The number of carboxylic acid groups (broad SMARTS) is 8. The second-order valence-corrected chi connectivity index (χ2v) is 26.6. The van der Waals surface area contributed by atoms with Crippen LogP contribution in [0.3, 0.4) is 0 Å². The molecule has 14 N–H and O–H groups in total. The first-order valence-corrected chi connectivity index (χ1v) is 39.1. The third-order valence-electron chi connectivity index (χ3n) is 10.7. The summed E-state index contributed by atoms with van der Waals surface area (Å²) in [4.78, 5) is 308. The summed E-state index contributed by atoms with van der Waals surface area (Å²) in [6.45, 7) is 25.3. The van der Waals surface area contributed by atoms with E-state index in [4.69, 9.17) is 40.9 Å². The fraction of sp³-hybridized carbons (Fsp3) is 0.449. The highest BCUT2D eigenvalue weighted by molar-refractivity contribution is 5.98. The molecule has 0 heterocycles. The van der Waals surface area contributed by atoms with Crippen LogP contribution in [0.4, 0.5) is 9.59 Å². The zero-order valence-corrected chi connectivity index (χ0v) is 80.2. The van der Waals surface area contributed by atoms with Gasteiger partial charge in [-0.05, 0) is 133 Å². The molecule has 0 saturated heterocycles. The van der Waals surface area contributed by atoms with Crippen LogP contribution in [0.5, 0.6) is 0 Å². The standard InChI is InChI=1S/3C8H8O2.C7H12O3.C6H10O2.2C5H8O3.2C5H8O2.C4H7NO3.2C4H7NO2.2C4H6O4.3C4H6O3/c3*9-8(10)6-7-4-2-1-3-5-7;1-6(8)4-2-3-5-7(9)10;1-5(7)3-4-6(2)8;2*1-4(6)3-8-5(2)7;2*1-4(6)3-5(2)7;1-3(6)2-8-4(5)7;2*1-3(6)2-4(5)7;1-3(5)8-2-4(6)7;1-3(5)2-8-4(6)7;1-3(5)7-4(2)6;2*1-3(5)2-4(6)7/h3*1-5H,6H2,(H,9,10);2-5H2,1H3,(H,9,10);3-4H2,1-2H3;2*3H2,1-2H3;2*3H2,1-2H3;2H2,1H3,(H2,5,7);2*2H2,1H3,(H2,5,7);2*2H2,1H3,(H,6,7);1-2H3;2*2H2,1H3,(H,6,7). The van der Waals surface area contributed by atoms with Crippen molar-refractivity contribution in [3.8, 4) is 0 Å². The molecule has 3 rings (SSSR count). The Morgan fingerprint density at radius 3 is 0.533 bits per heavy atom. The van der Waals surface area contributed by atoms with E-state index in [1.807, 2.05) is 54.6 Å². The van der Waals surface area contributed by atoms with Gasteiger partial charge in [0.05, 0.1) is 44.9 Å². The zero-order chi connectivity index (χ0) is 111. The van der Waals surface area contributed by atoms with Crippen LogP contribution in [-0.2, 0) is 187 Å². The molecule has 0 radical (unpaired) electrons. The summed E-state index contributed by atoms with van der Waals surface area (Å²) in [5.41, 5.74) is 16.3. The van der Waals surface area contributed by atoms with E-state index >= 15 is 0 Å². The summed E-state index contributed by atoms with van der Waals surface area (Å²) in [7, 11) is 0. The Bertz CT molecular complexity index is 3480. The maximum atomic E-state index is 10.3. The molecule has 770 valence electrons. The number of carbonyl (C=O) groups is 31. The highest BCUT2D eigenvalue weighted by atomic mass is 16.7. The van der Waals surface area contributed by atoms with Gasteiger partial charge < -0.3 is 101 Å². The van der Waals surface area contributed by atoms with E-state index in [-0.39, 0.29) is 177 Å². The van der Waals surface area contributed by atoms with Crippen molar-refractivity contribution < 1.29 is 218 Å². The summed E-state index contributed by atoms with van der Waals surface area (Å²) in [5.74, 6) is -11.8. The van der Waals surface area contributed by atoms with Gasteiger partial charge in [-0.2, -0.15) is 0 Å². The third kappa shape index (κ3) is 231. The molecule has 0 unspecified atom stereocenters. The van der Waals surface area contributed by atoms with Gasteiger partial charge in [0.2, 0.25) is 11.8 Å². The second-order valence-electron chi connectivity index (χ2n) is 26.6. The van der Waals surface area contributed by atoms with E-state index in [1.54, 1.807) is 36.4 Å². The minimum atomic E-state index is -1.42. The lowest BCUT2D eigenvalue weighted by Gasteiger charge is -1.93. The maximum absolute atomic E-state index is 10.3. The molecule has 0 aromatic heterocycles. The molecule has 137 heavy (non-hydrogen) atoms. The summed E-state index contributed by atoms with van der Waals surface area (Å²) in [6.07, 6.45) is -0.0509. The van der Waals surface area contributed by atoms with Gasteiger partial charge in [0.1, 0.15) is 89.7 Å². The lowest BCUT2D eigenvalue weighted by Crippen LogP contribution is -2.16. The van der Waals surface area contributed by atoms with E-state index < -0.39 is 102 Å². The zero-order valence-electron chi connectivity index (χ0n) is 80.2. The molecule has 48 nitrogen and oxygen atoms in total. The molecular weight excluding hydrogens is 1830 g/mol. The van der Waals surface area contributed by atoms with Gasteiger partial charge >= 0.3 is 83.9 Å². The molecule has 0 aliphatic heterocycles. The number of hydrogen-bond acceptors (Lipinski definition) is 37. The maximum Gasteiger partial charge on any atom is 0.506 e. The van der Waals surface area contributed by atoms with Gasteiger partial charge in [-0.15, -0.1) is 0 Å². The van der Waals surface area contributed by atoms with Crippen molar-refractivity contribution in [2.24, 2.45) is 17.2 Å². The topological polar surface area (TPSA) is 824 Å². The molecule has 0 aliphatic carbocycles. The molecule has 3 amide bonds. The molecule has 0 atom stereocenters. The van der Waals surface area contributed by atoms with Crippen LogP contribution in [0.15, 0.2) is 91.0 Å². The van der Waals surface area contributed by atoms with E-state index in [9.17, 15) is 149 Å². The highest BCUT2D eigenvalue weighted by Gasteiger charge is 2.06. The normalized spacial score (nSPS) is 8.50. The number of ether oxygens (including phenoxy) is 6. The Hall–Kier alpha value is -16.0.